The van der Waals surface area contributed by atoms with Crippen molar-refractivity contribution in [2.45, 2.75) is 44.5 Å². The van der Waals surface area contributed by atoms with Gasteiger partial charge < -0.3 is 10.4 Å². The van der Waals surface area contributed by atoms with Gasteiger partial charge in [-0.15, -0.1) is 0 Å². The van der Waals surface area contributed by atoms with E-state index in [2.05, 4.69) is 5.32 Å². The second-order valence-electron chi connectivity index (χ2n) is 4.55. The molecule has 0 amide bonds. The number of hydrogen-bond donors (Lipinski definition) is 2. The highest BCUT2D eigenvalue weighted by Crippen LogP contribution is 2.22. The van der Waals surface area contributed by atoms with Crippen LogP contribution in [0.3, 0.4) is 0 Å². The predicted molar refractivity (Wildman–Crippen MR) is 59.8 cm³/mol. The number of halogens is 3. The minimum Gasteiger partial charge on any atom is -0.382 e. The van der Waals surface area contributed by atoms with Crippen molar-refractivity contribution < 1.29 is 18.3 Å². The predicted octanol–water partition coefficient (Wildman–Crippen LogP) is 1.37. The fraction of sp³-hybridized carbons (Fsp3) is 1.00. The van der Waals surface area contributed by atoms with Crippen LogP contribution in [0.4, 0.5) is 13.2 Å². The average Bonchev–Trinajstić information content (AvgIpc) is 2.28. The number of alkyl halides is 3. The molecule has 0 spiro atoms. The summed E-state index contributed by atoms with van der Waals surface area (Å²) in [6.45, 7) is 3.86. The van der Waals surface area contributed by atoms with Crippen molar-refractivity contribution in [1.29, 1.82) is 0 Å². The number of nitrogens with one attached hydrogen (secondary N) is 1. The van der Waals surface area contributed by atoms with Gasteiger partial charge in [0.15, 0.2) is 6.10 Å². The van der Waals surface area contributed by atoms with Crippen LogP contribution in [0.2, 0.25) is 0 Å². The molecule has 1 saturated heterocycles. The van der Waals surface area contributed by atoms with Gasteiger partial charge in [-0.2, -0.15) is 13.2 Å². The molecule has 6 heteroatoms. The number of rotatable bonds is 5. The SMILES string of the molecule is CCCN(CC(O)C(F)(F)F)C1CCCNC1. The van der Waals surface area contributed by atoms with E-state index in [1.54, 1.807) is 4.90 Å². The van der Waals surface area contributed by atoms with Gasteiger partial charge in [0.2, 0.25) is 0 Å². The lowest BCUT2D eigenvalue weighted by atomic mass is 10.0. The fourth-order valence-electron chi connectivity index (χ4n) is 2.18. The highest BCUT2D eigenvalue weighted by atomic mass is 19.4. The van der Waals surface area contributed by atoms with Crippen LogP contribution in [-0.4, -0.2) is 54.5 Å². The first kappa shape index (κ1) is 14.7. The molecule has 2 N–H and O–H groups in total. The maximum Gasteiger partial charge on any atom is 0.415 e. The summed E-state index contributed by atoms with van der Waals surface area (Å²) in [7, 11) is 0. The van der Waals surface area contributed by atoms with Crippen molar-refractivity contribution in [1.82, 2.24) is 10.2 Å². The number of hydrogen-bond acceptors (Lipinski definition) is 3. The summed E-state index contributed by atoms with van der Waals surface area (Å²) in [5.41, 5.74) is 0. The molecule has 1 aliphatic heterocycles. The van der Waals surface area contributed by atoms with E-state index in [4.69, 9.17) is 5.11 Å². The normalized spacial score (nSPS) is 24.0. The minimum absolute atomic E-state index is 0.112. The van der Waals surface area contributed by atoms with Crippen molar-refractivity contribution in [3.63, 3.8) is 0 Å². The van der Waals surface area contributed by atoms with Gasteiger partial charge in [0.1, 0.15) is 0 Å². The van der Waals surface area contributed by atoms with Crippen LogP contribution in [0, 0.1) is 0 Å². The van der Waals surface area contributed by atoms with Crippen molar-refractivity contribution in [2.24, 2.45) is 0 Å². The van der Waals surface area contributed by atoms with E-state index in [0.29, 0.717) is 13.1 Å². The molecule has 1 heterocycles. The molecular formula is C11H21F3N2O. The molecule has 1 aliphatic rings. The van der Waals surface area contributed by atoms with Crippen LogP contribution in [-0.2, 0) is 0 Å². The quantitative estimate of drug-likeness (QED) is 0.778. The Morgan fingerprint density at radius 3 is 2.65 bits per heavy atom. The zero-order chi connectivity index (χ0) is 12.9. The molecule has 0 saturated carbocycles. The Hall–Kier alpha value is -0.330. The number of nitrogens with zero attached hydrogens (tertiary/aromatic N) is 1. The van der Waals surface area contributed by atoms with Crippen molar-refractivity contribution in [2.75, 3.05) is 26.2 Å². The van der Waals surface area contributed by atoms with E-state index >= 15 is 0 Å². The van der Waals surface area contributed by atoms with E-state index in [1.165, 1.54) is 0 Å². The Labute approximate surface area is 100.0 Å². The van der Waals surface area contributed by atoms with E-state index in [-0.39, 0.29) is 12.6 Å². The molecule has 0 bridgehead atoms. The Bertz CT molecular complexity index is 217. The molecule has 3 nitrogen and oxygen atoms in total. The molecule has 0 aromatic carbocycles. The largest absolute Gasteiger partial charge is 0.415 e. The lowest BCUT2D eigenvalue weighted by molar-refractivity contribution is -0.209. The summed E-state index contributed by atoms with van der Waals surface area (Å²) in [6, 6.07) is 0.112. The molecule has 102 valence electrons. The summed E-state index contributed by atoms with van der Waals surface area (Å²) in [5, 5.41) is 12.3. The third-order valence-corrected chi connectivity index (χ3v) is 3.08. The van der Waals surface area contributed by atoms with Gasteiger partial charge in [-0.05, 0) is 32.4 Å². The molecule has 2 atom stereocenters. The molecule has 1 fully saturated rings. The zero-order valence-corrected chi connectivity index (χ0v) is 10.1. The van der Waals surface area contributed by atoms with Crippen LogP contribution in [0.1, 0.15) is 26.2 Å². The summed E-state index contributed by atoms with van der Waals surface area (Å²) in [6.07, 6.45) is -4.09. The van der Waals surface area contributed by atoms with E-state index in [0.717, 1.165) is 25.8 Å². The highest BCUT2D eigenvalue weighted by Gasteiger charge is 2.40. The first-order chi connectivity index (χ1) is 7.95. The molecule has 0 aliphatic carbocycles. The summed E-state index contributed by atoms with van der Waals surface area (Å²) in [4.78, 5) is 1.75. The topological polar surface area (TPSA) is 35.5 Å². The van der Waals surface area contributed by atoms with Gasteiger partial charge in [0, 0.05) is 19.1 Å². The Morgan fingerprint density at radius 1 is 1.47 bits per heavy atom. The van der Waals surface area contributed by atoms with Crippen molar-refractivity contribution in [3.05, 3.63) is 0 Å². The monoisotopic (exact) mass is 254 g/mol. The minimum atomic E-state index is -4.52. The molecule has 0 aromatic rings. The van der Waals surface area contributed by atoms with Gasteiger partial charge in [-0.25, -0.2) is 0 Å². The van der Waals surface area contributed by atoms with Gasteiger partial charge in [0.05, 0.1) is 0 Å². The maximum absolute atomic E-state index is 12.3. The van der Waals surface area contributed by atoms with Crippen LogP contribution in [0.5, 0.6) is 0 Å². The van der Waals surface area contributed by atoms with E-state index < -0.39 is 12.3 Å². The van der Waals surface area contributed by atoms with Crippen LogP contribution >= 0.6 is 0 Å². The molecule has 0 aromatic heterocycles. The van der Waals surface area contributed by atoms with Crippen molar-refractivity contribution in [3.8, 4) is 0 Å². The molecule has 0 radical (unpaired) electrons. The Balaban J connectivity index is 2.52. The lowest BCUT2D eigenvalue weighted by Crippen LogP contribution is -2.51. The fourth-order valence-corrected chi connectivity index (χ4v) is 2.18. The molecule has 2 unspecified atom stereocenters. The Kier molecular flexibility index (Phi) is 5.69. The summed E-state index contributed by atoms with van der Waals surface area (Å²) in [5.74, 6) is 0. The van der Waals surface area contributed by atoms with Gasteiger partial charge in [-0.3, -0.25) is 4.90 Å². The van der Waals surface area contributed by atoms with Gasteiger partial charge >= 0.3 is 6.18 Å². The van der Waals surface area contributed by atoms with Crippen molar-refractivity contribution >= 4 is 0 Å². The summed E-state index contributed by atoms with van der Waals surface area (Å²) < 4.78 is 37.0. The summed E-state index contributed by atoms with van der Waals surface area (Å²) >= 11 is 0. The Morgan fingerprint density at radius 2 is 2.18 bits per heavy atom. The number of aliphatic hydroxyl groups is 1. The number of aliphatic hydroxyl groups excluding tert-OH is 1. The van der Waals surface area contributed by atoms with E-state index in [1.807, 2.05) is 6.92 Å². The second-order valence-corrected chi connectivity index (χ2v) is 4.55. The van der Waals surface area contributed by atoms with Crippen LogP contribution in [0.25, 0.3) is 0 Å². The van der Waals surface area contributed by atoms with Crippen LogP contribution in [0.15, 0.2) is 0 Å². The first-order valence-corrected chi connectivity index (χ1v) is 6.14. The molecular weight excluding hydrogens is 233 g/mol. The zero-order valence-electron chi connectivity index (χ0n) is 10.1. The van der Waals surface area contributed by atoms with Gasteiger partial charge in [0.25, 0.3) is 0 Å². The standard InChI is InChI=1S/C11H21F3N2O/c1-2-6-16(8-10(17)11(12,13)14)9-4-3-5-15-7-9/h9-10,15,17H,2-8H2,1H3. The highest BCUT2D eigenvalue weighted by molar-refractivity contribution is 4.81. The third-order valence-electron chi connectivity index (χ3n) is 3.08. The smallest absolute Gasteiger partial charge is 0.382 e. The molecule has 17 heavy (non-hydrogen) atoms. The first-order valence-electron chi connectivity index (χ1n) is 6.14. The number of piperidine rings is 1. The molecule has 1 rings (SSSR count). The van der Waals surface area contributed by atoms with E-state index in [9.17, 15) is 13.2 Å². The van der Waals surface area contributed by atoms with Crippen LogP contribution < -0.4 is 5.32 Å². The maximum atomic E-state index is 12.3. The second kappa shape index (κ2) is 6.56. The van der Waals surface area contributed by atoms with Gasteiger partial charge in [-0.1, -0.05) is 6.92 Å². The third kappa shape index (κ3) is 4.81. The average molecular weight is 254 g/mol. The lowest BCUT2D eigenvalue weighted by Gasteiger charge is -2.36.